The highest BCUT2D eigenvalue weighted by molar-refractivity contribution is 14.1. The number of benzene rings is 2. The van der Waals surface area contributed by atoms with Crippen molar-refractivity contribution in [2.24, 2.45) is 4.99 Å². The monoisotopic (exact) mass is 498 g/mol. The van der Waals surface area contributed by atoms with Gasteiger partial charge in [0, 0.05) is 5.02 Å². The minimum atomic E-state index is -0.155. The molecule has 0 aliphatic carbocycles. The second-order valence-corrected chi connectivity index (χ2v) is 8.09. The highest BCUT2D eigenvalue weighted by atomic mass is 127. The van der Waals surface area contributed by atoms with E-state index in [1.54, 1.807) is 0 Å². The number of amides is 1. The third kappa shape index (κ3) is 4.42. The second kappa shape index (κ2) is 8.45. The van der Waals surface area contributed by atoms with Gasteiger partial charge in [-0.3, -0.25) is 4.79 Å². The number of rotatable bonds is 4. The lowest BCUT2D eigenvalue weighted by Gasteiger charge is -2.06. The smallest absolute Gasteiger partial charge is 0.264 e. The van der Waals surface area contributed by atoms with Gasteiger partial charge >= 0.3 is 0 Å². The minimum Gasteiger partial charge on any atom is -0.493 e. The molecule has 1 aliphatic rings. The molecule has 1 heterocycles. The Morgan fingerprint density at radius 2 is 2.15 bits per heavy atom. The molecule has 1 fully saturated rings. The summed E-state index contributed by atoms with van der Waals surface area (Å²) in [5.74, 6) is 0.690. The van der Waals surface area contributed by atoms with Crippen LogP contribution < -0.4 is 10.1 Å². The standard InChI is InChI=1S/C19H16ClIN2O2S/c1-3-25-16-8-7-12(9-14(16)21)10-17-18(24)23-19(26-17)22-15-6-4-5-13(20)11(15)2/h4-10H,3H2,1-2H3,(H,22,23,24)/b17-10+. The van der Waals surface area contributed by atoms with Crippen LogP contribution in [0.5, 0.6) is 5.75 Å². The number of hydrogen-bond acceptors (Lipinski definition) is 4. The first kappa shape index (κ1) is 19.3. The molecule has 1 N–H and O–H groups in total. The lowest BCUT2D eigenvalue weighted by Crippen LogP contribution is -2.19. The number of carbonyl (C=O) groups excluding carboxylic acids is 1. The van der Waals surface area contributed by atoms with Gasteiger partial charge in [-0.1, -0.05) is 23.7 Å². The van der Waals surface area contributed by atoms with E-state index in [4.69, 9.17) is 16.3 Å². The highest BCUT2D eigenvalue weighted by Crippen LogP contribution is 2.32. The summed E-state index contributed by atoms with van der Waals surface area (Å²) in [5.41, 5.74) is 2.57. The molecule has 7 heteroatoms. The zero-order valence-electron chi connectivity index (χ0n) is 14.2. The zero-order chi connectivity index (χ0) is 18.7. The van der Waals surface area contributed by atoms with E-state index in [1.165, 1.54) is 11.8 Å². The maximum atomic E-state index is 12.3. The Balaban J connectivity index is 1.83. The number of carbonyl (C=O) groups is 1. The molecule has 2 aromatic rings. The number of amidine groups is 1. The van der Waals surface area contributed by atoms with Gasteiger partial charge in [-0.15, -0.1) is 0 Å². The Morgan fingerprint density at radius 1 is 1.35 bits per heavy atom. The average molecular weight is 499 g/mol. The summed E-state index contributed by atoms with van der Waals surface area (Å²) in [5, 5.41) is 4.00. The van der Waals surface area contributed by atoms with Crippen LogP contribution in [0.3, 0.4) is 0 Å². The van der Waals surface area contributed by atoms with Crippen LogP contribution in [-0.4, -0.2) is 17.7 Å². The fraction of sp³-hybridized carbons (Fsp3) is 0.158. The molecule has 0 unspecified atom stereocenters. The fourth-order valence-electron chi connectivity index (χ4n) is 2.34. The van der Waals surface area contributed by atoms with E-state index in [2.05, 4.69) is 32.9 Å². The number of aliphatic imine (C=N–C) groups is 1. The predicted molar refractivity (Wildman–Crippen MR) is 117 cm³/mol. The van der Waals surface area contributed by atoms with E-state index in [-0.39, 0.29) is 5.91 Å². The first-order valence-electron chi connectivity index (χ1n) is 7.95. The van der Waals surface area contributed by atoms with Gasteiger partial charge in [0.05, 0.1) is 20.8 Å². The predicted octanol–water partition coefficient (Wildman–Crippen LogP) is 5.54. The molecule has 0 aromatic heterocycles. The largest absolute Gasteiger partial charge is 0.493 e. The number of ether oxygens (including phenoxy) is 1. The van der Waals surface area contributed by atoms with Gasteiger partial charge in [-0.05, 0) is 89.7 Å². The first-order valence-corrected chi connectivity index (χ1v) is 10.2. The van der Waals surface area contributed by atoms with Gasteiger partial charge in [0.2, 0.25) is 0 Å². The van der Waals surface area contributed by atoms with Gasteiger partial charge in [0.1, 0.15) is 5.75 Å². The Morgan fingerprint density at radius 3 is 2.88 bits per heavy atom. The third-order valence-electron chi connectivity index (χ3n) is 3.67. The number of thioether (sulfide) groups is 1. The van der Waals surface area contributed by atoms with Crippen molar-refractivity contribution in [2.45, 2.75) is 13.8 Å². The summed E-state index contributed by atoms with van der Waals surface area (Å²) < 4.78 is 6.55. The van der Waals surface area contributed by atoms with Crippen molar-refractivity contribution in [1.82, 2.24) is 5.32 Å². The summed E-state index contributed by atoms with van der Waals surface area (Å²) in [4.78, 5) is 17.4. The molecular formula is C19H16ClIN2O2S. The lowest BCUT2D eigenvalue weighted by atomic mass is 10.2. The molecule has 2 aromatic carbocycles. The molecule has 1 amide bonds. The van der Waals surface area contributed by atoms with Crippen molar-refractivity contribution < 1.29 is 9.53 Å². The van der Waals surface area contributed by atoms with Crippen LogP contribution in [0.1, 0.15) is 18.1 Å². The molecule has 0 atom stereocenters. The molecular weight excluding hydrogens is 483 g/mol. The van der Waals surface area contributed by atoms with Gasteiger partial charge in [0.25, 0.3) is 5.91 Å². The zero-order valence-corrected chi connectivity index (χ0v) is 17.9. The van der Waals surface area contributed by atoms with Gasteiger partial charge < -0.3 is 10.1 Å². The van der Waals surface area contributed by atoms with E-state index in [9.17, 15) is 4.79 Å². The normalized spacial score (nSPS) is 17.0. The van der Waals surface area contributed by atoms with Crippen LogP contribution in [-0.2, 0) is 4.79 Å². The topological polar surface area (TPSA) is 50.7 Å². The molecule has 0 spiro atoms. The van der Waals surface area contributed by atoms with Crippen molar-refractivity contribution in [3.63, 3.8) is 0 Å². The molecule has 4 nitrogen and oxygen atoms in total. The molecule has 134 valence electrons. The summed E-state index contributed by atoms with van der Waals surface area (Å²) in [6.07, 6.45) is 1.85. The van der Waals surface area contributed by atoms with Crippen molar-refractivity contribution >= 4 is 68.8 Å². The number of halogens is 2. The van der Waals surface area contributed by atoms with Crippen molar-refractivity contribution in [2.75, 3.05) is 6.61 Å². The maximum Gasteiger partial charge on any atom is 0.264 e. The van der Waals surface area contributed by atoms with E-state index < -0.39 is 0 Å². The van der Waals surface area contributed by atoms with Crippen LogP contribution in [0, 0.1) is 10.5 Å². The summed E-state index contributed by atoms with van der Waals surface area (Å²) in [6, 6.07) is 11.4. The van der Waals surface area contributed by atoms with Gasteiger partial charge in [0.15, 0.2) is 5.17 Å². The minimum absolute atomic E-state index is 0.155. The Bertz CT molecular complexity index is 928. The van der Waals surface area contributed by atoms with E-state index in [0.29, 0.717) is 21.7 Å². The number of nitrogens with zero attached hydrogens (tertiary/aromatic N) is 1. The second-order valence-electron chi connectivity index (χ2n) is 5.49. The molecule has 0 bridgehead atoms. The highest BCUT2D eigenvalue weighted by Gasteiger charge is 2.24. The van der Waals surface area contributed by atoms with Gasteiger partial charge in [-0.2, -0.15) is 0 Å². The van der Waals surface area contributed by atoms with Crippen LogP contribution in [0.15, 0.2) is 46.3 Å². The number of hydrogen-bond donors (Lipinski definition) is 1. The summed E-state index contributed by atoms with van der Waals surface area (Å²) in [6.45, 7) is 4.48. The van der Waals surface area contributed by atoms with Gasteiger partial charge in [-0.25, -0.2) is 4.99 Å². The fourth-order valence-corrected chi connectivity index (χ4v) is 4.04. The summed E-state index contributed by atoms with van der Waals surface area (Å²) in [7, 11) is 0. The van der Waals surface area contributed by atoms with Crippen molar-refractivity contribution in [3.05, 3.63) is 61.0 Å². The van der Waals surface area contributed by atoms with Crippen molar-refractivity contribution in [1.29, 1.82) is 0 Å². The van der Waals surface area contributed by atoms with E-state index >= 15 is 0 Å². The molecule has 3 rings (SSSR count). The quantitative estimate of drug-likeness (QED) is 0.445. The first-order chi connectivity index (χ1) is 12.5. The molecule has 0 saturated carbocycles. The Kier molecular flexibility index (Phi) is 6.26. The molecule has 26 heavy (non-hydrogen) atoms. The SMILES string of the molecule is CCOc1ccc(/C=C2/SC(=Nc3cccc(Cl)c3C)NC2=O)cc1I. The van der Waals surface area contributed by atoms with E-state index in [0.717, 1.165) is 26.1 Å². The average Bonchev–Trinajstić information content (AvgIpc) is 2.94. The molecule has 1 saturated heterocycles. The van der Waals surface area contributed by atoms with Crippen LogP contribution in [0.25, 0.3) is 6.08 Å². The maximum absolute atomic E-state index is 12.3. The molecule has 1 aliphatic heterocycles. The summed E-state index contributed by atoms with van der Waals surface area (Å²) >= 11 is 9.67. The number of nitrogens with one attached hydrogen (secondary N) is 1. The third-order valence-corrected chi connectivity index (χ3v) is 5.83. The molecule has 0 radical (unpaired) electrons. The Hall–Kier alpha value is -1.51. The van der Waals surface area contributed by atoms with Crippen LogP contribution in [0.4, 0.5) is 5.69 Å². The van der Waals surface area contributed by atoms with E-state index in [1.807, 2.05) is 56.3 Å². The lowest BCUT2D eigenvalue weighted by molar-refractivity contribution is -0.115. The Labute approximate surface area is 175 Å². The van der Waals surface area contributed by atoms with Crippen molar-refractivity contribution in [3.8, 4) is 5.75 Å². The van der Waals surface area contributed by atoms with Crippen LogP contribution in [0.2, 0.25) is 5.02 Å². The van der Waals surface area contributed by atoms with Crippen LogP contribution >= 0.6 is 46.0 Å².